The van der Waals surface area contributed by atoms with Gasteiger partial charge in [-0.3, -0.25) is 4.79 Å². The molecule has 0 saturated heterocycles. The van der Waals surface area contributed by atoms with Gasteiger partial charge in [0.05, 0.1) is 4.75 Å². The van der Waals surface area contributed by atoms with Crippen LogP contribution in [0, 0.1) is 17.8 Å². The summed E-state index contributed by atoms with van der Waals surface area (Å²) in [7, 11) is -1.63. The molecule has 2 saturated carbocycles. The monoisotopic (exact) mass is 460 g/mol. The summed E-state index contributed by atoms with van der Waals surface area (Å²) in [4.78, 5) is 13.2. The first-order chi connectivity index (χ1) is 15.0. The number of hydrogen-bond donors (Lipinski definition) is 2. The normalized spacial score (nSPS) is 26.0. The van der Waals surface area contributed by atoms with Gasteiger partial charge in [0.25, 0.3) is 0 Å². The molecule has 2 aromatic rings. The SMILES string of the molecule is Cn1nnnc1-c1ccc(NC(=O)C2C3CCCC2CC(NS(=O)(=O)C(C)(C)C)C3)cc1. The van der Waals surface area contributed by atoms with Gasteiger partial charge in [-0.15, -0.1) is 5.10 Å². The summed E-state index contributed by atoms with van der Waals surface area (Å²) in [6.45, 7) is 5.13. The molecule has 1 amide bonds. The van der Waals surface area contributed by atoms with E-state index in [0.29, 0.717) is 18.7 Å². The lowest BCUT2D eigenvalue weighted by molar-refractivity contribution is -0.126. The lowest BCUT2D eigenvalue weighted by Gasteiger charge is -2.45. The number of nitrogens with zero attached hydrogens (tertiary/aromatic N) is 4. The highest BCUT2D eigenvalue weighted by Gasteiger charge is 2.45. The van der Waals surface area contributed by atoms with Crippen molar-refractivity contribution in [3.05, 3.63) is 24.3 Å². The third-order valence-corrected chi connectivity index (χ3v) is 9.06. The summed E-state index contributed by atoms with van der Waals surface area (Å²) in [5.41, 5.74) is 1.61. The first-order valence-corrected chi connectivity index (χ1v) is 12.7. The minimum atomic E-state index is -3.41. The number of fused-ring (bicyclic) bond motifs is 2. The number of carbonyl (C=O) groups is 1. The molecule has 4 rings (SSSR count). The number of benzene rings is 1. The van der Waals surface area contributed by atoms with Gasteiger partial charge < -0.3 is 5.32 Å². The molecule has 1 heterocycles. The van der Waals surface area contributed by atoms with Crippen molar-refractivity contribution in [1.29, 1.82) is 0 Å². The lowest BCUT2D eigenvalue weighted by Crippen LogP contribution is -2.52. The third-order valence-electron chi connectivity index (χ3n) is 6.80. The molecule has 32 heavy (non-hydrogen) atoms. The van der Waals surface area contributed by atoms with E-state index in [2.05, 4.69) is 25.6 Å². The van der Waals surface area contributed by atoms with Crippen LogP contribution in [0.15, 0.2) is 24.3 Å². The van der Waals surface area contributed by atoms with Crippen molar-refractivity contribution in [2.24, 2.45) is 24.8 Å². The van der Waals surface area contributed by atoms with E-state index in [9.17, 15) is 13.2 Å². The summed E-state index contributed by atoms with van der Waals surface area (Å²) in [5.74, 6) is 0.999. The van der Waals surface area contributed by atoms with Gasteiger partial charge in [0, 0.05) is 30.3 Å². The smallest absolute Gasteiger partial charge is 0.228 e. The Bertz CT molecular complexity index is 1060. The van der Waals surface area contributed by atoms with Gasteiger partial charge >= 0.3 is 0 Å². The van der Waals surface area contributed by atoms with Gasteiger partial charge in [-0.1, -0.05) is 6.42 Å². The number of anilines is 1. The summed E-state index contributed by atoms with van der Waals surface area (Å²) < 4.78 is 28.9. The Morgan fingerprint density at radius 2 is 1.72 bits per heavy atom. The van der Waals surface area contributed by atoms with E-state index in [1.54, 1.807) is 32.5 Å². The molecule has 0 aliphatic heterocycles. The molecule has 174 valence electrons. The van der Waals surface area contributed by atoms with Crippen molar-refractivity contribution >= 4 is 21.6 Å². The van der Waals surface area contributed by atoms with Crippen LogP contribution in [0.1, 0.15) is 52.9 Å². The number of rotatable bonds is 5. The Kier molecular flexibility index (Phi) is 6.10. The Labute approximate surface area is 189 Å². The van der Waals surface area contributed by atoms with Crippen LogP contribution >= 0.6 is 0 Å². The second-order valence-corrected chi connectivity index (χ2v) is 12.5. The predicted molar refractivity (Wildman–Crippen MR) is 122 cm³/mol. The minimum absolute atomic E-state index is 0.0323. The fraction of sp³-hybridized carbons (Fsp3) is 0.636. The molecular weight excluding hydrogens is 428 g/mol. The maximum atomic E-state index is 13.2. The highest BCUT2D eigenvalue weighted by atomic mass is 32.2. The first kappa shape index (κ1) is 22.8. The molecular formula is C22H32N6O3S. The molecule has 2 atom stereocenters. The number of aryl methyl sites for hydroxylation is 1. The fourth-order valence-electron chi connectivity index (χ4n) is 5.07. The van der Waals surface area contributed by atoms with Crippen molar-refractivity contribution in [3.8, 4) is 11.4 Å². The van der Waals surface area contributed by atoms with Gasteiger partial charge in [0.2, 0.25) is 15.9 Å². The highest BCUT2D eigenvalue weighted by Crippen LogP contribution is 2.45. The fourth-order valence-corrected chi connectivity index (χ4v) is 6.05. The van der Waals surface area contributed by atoms with E-state index in [4.69, 9.17) is 0 Å². The van der Waals surface area contributed by atoms with E-state index in [-0.39, 0.29) is 29.7 Å². The standard InChI is InChI=1S/C22H32N6O3S/c1-22(2,3)32(30,31)25-18-12-15-6-5-7-16(13-18)19(15)21(29)23-17-10-8-14(9-11-17)20-24-26-27-28(20)4/h8-11,15-16,18-19,25H,5-7,12-13H2,1-4H3,(H,23,29). The summed E-state index contributed by atoms with van der Waals surface area (Å²) in [6.07, 6.45) is 4.43. The summed E-state index contributed by atoms with van der Waals surface area (Å²) in [6, 6.07) is 7.40. The van der Waals surface area contributed by atoms with E-state index in [1.165, 1.54) is 0 Å². The lowest BCUT2D eigenvalue weighted by atomic mass is 9.63. The van der Waals surface area contributed by atoms with Crippen molar-refractivity contribution in [3.63, 3.8) is 0 Å². The zero-order chi connectivity index (χ0) is 23.1. The van der Waals surface area contributed by atoms with Crippen molar-refractivity contribution in [2.45, 2.75) is 63.7 Å². The molecule has 1 aromatic heterocycles. The predicted octanol–water partition coefficient (Wildman–Crippen LogP) is 2.73. The topological polar surface area (TPSA) is 119 Å². The first-order valence-electron chi connectivity index (χ1n) is 11.2. The van der Waals surface area contributed by atoms with Gasteiger partial charge in [-0.25, -0.2) is 17.8 Å². The van der Waals surface area contributed by atoms with Crippen LogP contribution in [0.25, 0.3) is 11.4 Å². The molecule has 2 N–H and O–H groups in total. The maximum Gasteiger partial charge on any atom is 0.228 e. The second-order valence-electron chi connectivity index (χ2n) is 10.1. The summed E-state index contributed by atoms with van der Waals surface area (Å²) in [5, 5.41) is 14.6. The average molecular weight is 461 g/mol. The number of amides is 1. The van der Waals surface area contributed by atoms with Crippen LogP contribution in [0.4, 0.5) is 5.69 Å². The van der Waals surface area contributed by atoms with Crippen LogP contribution < -0.4 is 10.0 Å². The maximum absolute atomic E-state index is 13.2. The molecule has 2 bridgehead atoms. The van der Waals surface area contributed by atoms with Crippen molar-refractivity contribution in [2.75, 3.05) is 5.32 Å². The molecule has 1 aromatic carbocycles. The molecule has 9 nitrogen and oxygen atoms in total. The van der Waals surface area contributed by atoms with E-state index < -0.39 is 14.8 Å². The molecule has 10 heteroatoms. The van der Waals surface area contributed by atoms with E-state index >= 15 is 0 Å². The third kappa shape index (κ3) is 4.56. The van der Waals surface area contributed by atoms with Crippen LogP contribution in [0.5, 0.6) is 0 Å². The minimum Gasteiger partial charge on any atom is -0.326 e. The van der Waals surface area contributed by atoms with Crippen LogP contribution in [-0.4, -0.2) is 45.3 Å². The van der Waals surface area contributed by atoms with Crippen LogP contribution in [0.3, 0.4) is 0 Å². The van der Waals surface area contributed by atoms with Crippen molar-refractivity contribution in [1.82, 2.24) is 24.9 Å². The Morgan fingerprint density at radius 3 is 2.25 bits per heavy atom. The van der Waals surface area contributed by atoms with E-state index in [1.807, 2.05) is 24.3 Å². The zero-order valence-corrected chi connectivity index (χ0v) is 19.9. The number of carbonyl (C=O) groups excluding carboxylic acids is 1. The molecule has 0 spiro atoms. The average Bonchev–Trinajstić information content (AvgIpc) is 3.12. The Hall–Kier alpha value is -2.33. The number of sulfonamides is 1. The molecule has 2 unspecified atom stereocenters. The molecule has 2 aliphatic carbocycles. The van der Waals surface area contributed by atoms with Crippen LogP contribution in [-0.2, 0) is 21.9 Å². The molecule has 2 aliphatic rings. The quantitative estimate of drug-likeness (QED) is 0.708. The zero-order valence-electron chi connectivity index (χ0n) is 19.1. The second kappa shape index (κ2) is 8.55. The largest absolute Gasteiger partial charge is 0.326 e. The number of nitrogens with one attached hydrogen (secondary N) is 2. The Balaban J connectivity index is 1.43. The van der Waals surface area contributed by atoms with Gasteiger partial charge in [-0.2, -0.15) is 0 Å². The Morgan fingerprint density at radius 1 is 1.09 bits per heavy atom. The van der Waals surface area contributed by atoms with Crippen molar-refractivity contribution < 1.29 is 13.2 Å². The van der Waals surface area contributed by atoms with Gasteiger partial charge in [0.1, 0.15) is 0 Å². The van der Waals surface area contributed by atoms with Gasteiger partial charge in [-0.05, 0) is 93.0 Å². The van der Waals surface area contributed by atoms with E-state index in [0.717, 1.165) is 30.5 Å². The molecule has 0 radical (unpaired) electrons. The number of hydrogen-bond acceptors (Lipinski definition) is 6. The number of aromatic nitrogens is 4. The number of tetrazole rings is 1. The summed E-state index contributed by atoms with van der Waals surface area (Å²) >= 11 is 0. The van der Waals surface area contributed by atoms with Gasteiger partial charge in [0.15, 0.2) is 5.82 Å². The highest BCUT2D eigenvalue weighted by molar-refractivity contribution is 7.90. The van der Waals surface area contributed by atoms with Crippen LogP contribution in [0.2, 0.25) is 0 Å². The molecule has 2 fully saturated rings.